The number of fused-ring (bicyclic) bond motifs is 1. The van der Waals surface area contributed by atoms with Crippen LogP contribution in [0.1, 0.15) is 25.3 Å². The van der Waals surface area contributed by atoms with Gasteiger partial charge in [-0.2, -0.15) is 0 Å². The number of rotatable bonds is 8. The number of nitrogens with zero attached hydrogens (tertiary/aromatic N) is 1. The predicted molar refractivity (Wildman–Crippen MR) is 116 cm³/mol. The van der Waals surface area contributed by atoms with Gasteiger partial charge in [-0.1, -0.05) is 17.9 Å². The van der Waals surface area contributed by atoms with Gasteiger partial charge < -0.3 is 19.4 Å². The van der Waals surface area contributed by atoms with Gasteiger partial charge in [0.05, 0.1) is 12.1 Å². The molecule has 0 radical (unpaired) electrons. The van der Waals surface area contributed by atoms with Crippen molar-refractivity contribution in [2.45, 2.75) is 32.7 Å². The normalized spacial score (nSPS) is 11.0. The molecular formula is C24H23F3N2O3. The van der Waals surface area contributed by atoms with Gasteiger partial charge in [0.1, 0.15) is 12.3 Å². The molecule has 3 rings (SSSR count). The summed E-state index contributed by atoms with van der Waals surface area (Å²) in [5, 5.41) is 4.38. The number of alkyl halides is 3. The van der Waals surface area contributed by atoms with E-state index < -0.39 is 6.36 Å². The summed E-state index contributed by atoms with van der Waals surface area (Å²) in [5.74, 6) is 5.40. The van der Waals surface area contributed by atoms with Gasteiger partial charge in [-0.3, -0.25) is 4.79 Å². The Labute approximate surface area is 184 Å². The summed E-state index contributed by atoms with van der Waals surface area (Å²) < 4.78 is 47.2. The van der Waals surface area contributed by atoms with Crippen LogP contribution in [0.5, 0.6) is 5.75 Å². The molecule has 0 fully saturated rings. The smallest absolute Gasteiger partial charge is 0.465 e. The van der Waals surface area contributed by atoms with E-state index in [1.165, 1.54) is 24.3 Å². The van der Waals surface area contributed by atoms with Crippen LogP contribution in [0.15, 0.2) is 54.7 Å². The van der Waals surface area contributed by atoms with Crippen molar-refractivity contribution in [2.24, 2.45) is 0 Å². The predicted octanol–water partition coefficient (Wildman–Crippen LogP) is 5.35. The molecule has 1 N–H and O–H groups in total. The Bertz CT molecular complexity index is 1110. The molecule has 0 unspecified atom stereocenters. The highest BCUT2D eigenvalue weighted by atomic mass is 19.4. The van der Waals surface area contributed by atoms with Crippen LogP contribution in [-0.2, 0) is 16.1 Å². The van der Waals surface area contributed by atoms with Crippen molar-refractivity contribution in [3.05, 3.63) is 60.3 Å². The van der Waals surface area contributed by atoms with E-state index in [1.54, 1.807) is 6.92 Å². The van der Waals surface area contributed by atoms with Crippen LogP contribution in [0.3, 0.4) is 0 Å². The summed E-state index contributed by atoms with van der Waals surface area (Å²) in [6.07, 6.45) is -1.41. The molecule has 0 aliphatic heterocycles. The zero-order valence-corrected chi connectivity index (χ0v) is 17.5. The van der Waals surface area contributed by atoms with Gasteiger partial charge in [0.25, 0.3) is 0 Å². The van der Waals surface area contributed by atoms with Crippen molar-refractivity contribution in [3.63, 3.8) is 0 Å². The lowest BCUT2D eigenvalue weighted by molar-refractivity contribution is -0.274. The Balaban J connectivity index is 1.47. The van der Waals surface area contributed by atoms with Crippen molar-refractivity contribution in [2.75, 3.05) is 18.5 Å². The molecule has 0 aliphatic carbocycles. The number of carbonyl (C=O) groups is 1. The van der Waals surface area contributed by atoms with Gasteiger partial charge in [0.2, 0.25) is 0 Å². The fraction of sp³-hybridized carbons (Fsp3) is 0.292. The number of unbranched alkanes of at least 4 members (excludes halogenated alkanes) is 1. The lowest BCUT2D eigenvalue weighted by Crippen LogP contribution is -2.16. The Morgan fingerprint density at radius 1 is 1.12 bits per heavy atom. The van der Waals surface area contributed by atoms with Crippen molar-refractivity contribution >= 4 is 22.6 Å². The maximum atomic E-state index is 12.2. The fourth-order valence-electron chi connectivity index (χ4n) is 3.09. The van der Waals surface area contributed by atoms with Crippen LogP contribution >= 0.6 is 0 Å². The number of halogens is 3. The minimum absolute atomic E-state index is 0.166. The van der Waals surface area contributed by atoms with E-state index in [1.807, 2.05) is 35.0 Å². The van der Waals surface area contributed by atoms with Crippen molar-refractivity contribution in [3.8, 4) is 17.6 Å². The summed E-state index contributed by atoms with van der Waals surface area (Å²) in [6.45, 7) is 3.00. The number of aromatic nitrogens is 1. The van der Waals surface area contributed by atoms with Gasteiger partial charge in [-0.25, -0.2) is 0 Å². The maximum absolute atomic E-state index is 12.2. The molecule has 8 heteroatoms. The molecule has 0 atom stereocenters. The largest absolute Gasteiger partial charge is 0.573 e. The van der Waals surface area contributed by atoms with Gasteiger partial charge in [0, 0.05) is 30.4 Å². The highest BCUT2D eigenvalue weighted by molar-refractivity contribution is 5.85. The average molecular weight is 444 g/mol. The van der Waals surface area contributed by atoms with E-state index in [9.17, 15) is 18.0 Å². The molecule has 168 valence electrons. The molecule has 1 heterocycles. The quantitative estimate of drug-likeness (QED) is 0.289. The molecule has 0 amide bonds. The average Bonchev–Trinajstić information content (AvgIpc) is 3.13. The summed E-state index contributed by atoms with van der Waals surface area (Å²) in [6, 6.07) is 13.4. The topological polar surface area (TPSA) is 52.5 Å². The standard InChI is InChI=1S/C24H23F3N2O3/c1-2-31-23(30)17-29-15-13-19-9-10-20(16-22(19)29)28-14-5-3-4-6-18-7-11-21(12-8-18)32-24(25,26)27/h7-13,15-16,28H,2-3,5,14,17H2,1H3. The van der Waals surface area contributed by atoms with Gasteiger partial charge in [0.15, 0.2) is 0 Å². The molecule has 3 aromatic rings. The fourth-order valence-corrected chi connectivity index (χ4v) is 3.09. The lowest BCUT2D eigenvalue weighted by Gasteiger charge is -2.08. The number of benzene rings is 2. The maximum Gasteiger partial charge on any atom is 0.573 e. The number of carbonyl (C=O) groups excluding carboxylic acids is 1. The molecule has 0 saturated carbocycles. The van der Waals surface area contributed by atoms with Gasteiger partial charge in [-0.05, 0) is 61.2 Å². The molecule has 32 heavy (non-hydrogen) atoms. The molecule has 2 aromatic carbocycles. The molecule has 1 aromatic heterocycles. The second-order valence-electron chi connectivity index (χ2n) is 6.93. The Morgan fingerprint density at radius 2 is 1.91 bits per heavy atom. The van der Waals surface area contributed by atoms with Crippen LogP contribution in [0.2, 0.25) is 0 Å². The van der Waals surface area contributed by atoms with E-state index in [0.29, 0.717) is 25.1 Å². The minimum Gasteiger partial charge on any atom is -0.465 e. The first-order valence-electron chi connectivity index (χ1n) is 10.2. The monoisotopic (exact) mass is 444 g/mol. The number of hydrogen-bond acceptors (Lipinski definition) is 4. The van der Waals surface area contributed by atoms with Crippen molar-refractivity contribution in [1.82, 2.24) is 4.57 Å². The van der Waals surface area contributed by atoms with Crippen LogP contribution < -0.4 is 10.1 Å². The number of esters is 1. The molecule has 0 aliphatic rings. The molecular weight excluding hydrogens is 421 g/mol. The Morgan fingerprint density at radius 3 is 2.62 bits per heavy atom. The van der Waals surface area contributed by atoms with Crippen LogP contribution in [-0.4, -0.2) is 30.1 Å². The molecule has 5 nitrogen and oxygen atoms in total. The van der Waals surface area contributed by atoms with Crippen LogP contribution in [0.25, 0.3) is 10.9 Å². The van der Waals surface area contributed by atoms with E-state index in [0.717, 1.165) is 23.0 Å². The third-order valence-electron chi connectivity index (χ3n) is 4.51. The first-order chi connectivity index (χ1) is 15.3. The third-order valence-corrected chi connectivity index (χ3v) is 4.51. The zero-order chi connectivity index (χ0) is 23.0. The molecule has 0 saturated heterocycles. The second kappa shape index (κ2) is 10.6. The van der Waals surface area contributed by atoms with E-state index in [-0.39, 0.29) is 18.3 Å². The van der Waals surface area contributed by atoms with Crippen molar-refractivity contribution < 1.29 is 27.4 Å². The highest BCUT2D eigenvalue weighted by Crippen LogP contribution is 2.23. The first-order valence-corrected chi connectivity index (χ1v) is 10.2. The zero-order valence-electron chi connectivity index (χ0n) is 17.5. The number of ether oxygens (including phenoxy) is 2. The Kier molecular flexibility index (Phi) is 7.66. The number of hydrogen-bond donors (Lipinski definition) is 1. The minimum atomic E-state index is -4.70. The number of nitrogens with one attached hydrogen (secondary N) is 1. The first kappa shape index (κ1) is 23.1. The number of anilines is 1. The van der Waals surface area contributed by atoms with E-state index in [2.05, 4.69) is 21.9 Å². The summed E-state index contributed by atoms with van der Waals surface area (Å²) in [4.78, 5) is 11.8. The third kappa shape index (κ3) is 6.98. The van der Waals surface area contributed by atoms with E-state index in [4.69, 9.17) is 4.74 Å². The van der Waals surface area contributed by atoms with Crippen LogP contribution in [0.4, 0.5) is 18.9 Å². The molecule has 0 bridgehead atoms. The second-order valence-corrected chi connectivity index (χ2v) is 6.93. The summed E-state index contributed by atoms with van der Waals surface area (Å²) in [5.41, 5.74) is 2.51. The van der Waals surface area contributed by atoms with Gasteiger partial charge in [-0.15, -0.1) is 13.2 Å². The summed E-state index contributed by atoms with van der Waals surface area (Å²) >= 11 is 0. The molecule has 0 spiro atoms. The highest BCUT2D eigenvalue weighted by Gasteiger charge is 2.30. The van der Waals surface area contributed by atoms with Crippen molar-refractivity contribution in [1.29, 1.82) is 0 Å². The van der Waals surface area contributed by atoms with E-state index >= 15 is 0 Å². The van der Waals surface area contributed by atoms with Crippen LogP contribution in [0, 0.1) is 11.8 Å². The summed E-state index contributed by atoms with van der Waals surface area (Å²) in [7, 11) is 0. The lowest BCUT2D eigenvalue weighted by atomic mass is 10.2. The Hall–Kier alpha value is -3.60. The SMILES string of the molecule is CCOC(=O)Cn1ccc2ccc(NCCCC#Cc3ccc(OC(F)(F)F)cc3)cc21. The van der Waals surface area contributed by atoms with Gasteiger partial charge >= 0.3 is 12.3 Å².